The van der Waals surface area contributed by atoms with E-state index in [9.17, 15) is 9.59 Å². The van der Waals surface area contributed by atoms with Crippen LogP contribution in [-0.4, -0.2) is 32.6 Å². The van der Waals surface area contributed by atoms with Crippen LogP contribution in [0.5, 0.6) is 0 Å². The van der Waals surface area contributed by atoms with E-state index in [0.717, 1.165) is 11.5 Å². The molecule has 1 aromatic heterocycles. The van der Waals surface area contributed by atoms with Gasteiger partial charge in [-0.05, 0) is 31.8 Å². The summed E-state index contributed by atoms with van der Waals surface area (Å²) in [4.78, 5) is 23.0. The molecule has 0 fully saturated rings. The van der Waals surface area contributed by atoms with Crippen LogP contribution in [0.2, 0.25) is 0 Å². The fourth-order valence-electron chi connectivity index (χ4n) is 1.21. The number of aryl methyl sites for hydroxylation is 1. The molecule has 6 nitrogen and oxygen atoms in total. The van der Waals surface area contributed by atoms with Crippen LogP contribution in [0.4, 0.5) is 0 Å². The highest BCUT2D eigenvalue weighted by Gasteiger charge is 2.22. The molecule has 0 aliphatic heterocycles. The van der Waals surface area contributed by atoms with Crippen molar-refractivity contribution >= 4 is 23.4 Å². The molecule has 0 saturated heterocycles. The van der Waals surface area contributed by atoms with E-state index >= 15 is 0 Å². The number of carboxylic acids is 1. The zero-order valence-electron chi connectivity index (χ0n) is 9.56. The van der Waals surface area contributed by atoms with Gasteiger partial charge in [-0.25, -0.2) is 4.79 Å². The van der Waals surface area contributed by atoms with E-state index in [-0.39, 0.29) is 6.42 Å². The maximum atomic E-state index is 11.7. The molecule has 0 aliphatic rings. The lowest BCUT2D eigenvalue weighted by Crippen LogP contribution is -2.40. The highest BCUT2D eigenvalue weighted by molar-refractivity contribution is 7.08. The zero-order valence-corrected chi connectivity index (χ0v) is 10.4. The first kappa shape index (κ1) is 13.3. The van der Waals surface area contributed by atoms with Crippen LogP contribution in [-0.2, 0) is 4.79 Å². The monoisotopic (exact) mass is 255 g/mol. The van der Waals surface area contributed by atoms with E-state index in [0.29, 0.717) is 16.1 Å². The summed E-state index contributed by atoms with van der Waals surface area (Å²) in [6.45, 7) is 6.98. The number of hydrogen-bond donors (Lipinski definition) is 2. The van der Waals surface area contributed by atoms with Gasteiger partial charge < -0.3 is 10.4 Å². The maximum absolute atomic E-state index is 11.7. The predicted octanol–water partition coefficient (Wildman–Crippen LogP) is 0.996. The first-order valence-corrected chi connectivity index (χ1v) is 5.66. The summed E-state index contributed by atoms with van der Waals surface area (Å²) >= 11 is 0.942. The number of nitrogens with zero attached hydrogens (tertiary/aromatic N) is 2. The first-order chi connectivity index (χ1) is 7.91. The molecule has 0 spiro atoms. The van der Waals surface area contributed by atoms with Gasteiger partial charge in [0.1, 0.15) is 10.9 Å². The number of amides is 1. The molecule has 1 heterocycles. The van der Waals surface area contributed by atoms with Crippen molar-refractivity contribution in [2.24, 2.45) is 0 Å². The van der Waals surface area contributed by atoms with Crippen LogP contribution in [0.3, 0.4) is 0 Å². The number of carboxylic acid groups (broad SMARTS) is 1. The van der Waals surface area contributed by atoms with Crippen LogP contribution >= 0.6 is 11.5 Å². The average Bonchev–Trinajstić information content (AvgIpc) is 2.62. The molecule has 7 heteroatoms. The SMILES string of the molecule is C=C(C)CC(NC(=O)c1snnc1C)C(=O)O. The molecule has 0 aliphatic carbocycles. The molecular formula is C10H13N3O3S. The summed E-state index contributed by atoms with van der Waals surface area (Å²) in [6.07, 6.45) is 0.201. The third-order valence-corrected chi connectivity index (χ3v) is 2.84. The Balaban J connectivity index is 2.74. The topological polar surface area (TPSA) is 92.2 Å². The van der Waals surface area contributed by atoms with Crippen molar-refractivity contribution in [1.29, 1.82) is 0 Å². The third kappa shape index (κ3) is 3.63. The van der Waals surface area contributed by atoms with Crippen molar-refractivity contribution in [3.63, 3.8) is 0 Å². The van der Waals surface area contributed by atoms with Gasteiger partial charge in [0, 0.05) is 0 Å². The summed E-state index contributed by atoms with van der Waals surface area (Å²) in [6, 6.07) is -0.971. The van der Waals surface area contributed by atoms with Gasteiger partial charge in [0.15, 0.2) is 0 Å². The summed E-state index contributed by atoms with van der Waals surface area (Å²) in [5.41, 5.74) is 1.18. The largest absolute Gasteiger partial charge is 0.480 e. The Morgan fingerprint density at radius 1 is 1.59 bits per heavy atom. The maximum Gasteiger partial charge on any atom is 0.326 e. The smallest absolute Gasteiger partial charge is 0.326 e. The molecule has 1 aromatic rings. The highest BCUT2D eigenvalue weighted by atomic mass is 32.1. The molecule has 0 aromatic carbocycles. The minimum atomic E-state index is -1.09. The molecule has 2 N–H and O–H groups in total. The fraction of sp³-hybridized carbons (Fsp3) is 0.400. The zero-order chi connectivity index (χ0) is 13.0. The Kier molecular flexibility index (Phi) is 4.33. The van der Waals surface area contributed by atoms with Gasteiger partial charge in [-0.2, -0.15) is 0 Å². The van der Waals surface area contributed by atoms with Gasteiger partial charge in [0.05, 0.1) is 5.69 Å². The summed E-state index contributed by atoms with van der Waals surface area (Å²) in [7, 11) is 0. The molecular weight excluding hydrogens is 242 g/mol. The number of hydrogen-bond acceptors (Lipinski definition) is 5. The molecule has 0 bridgehead atoms. The van der Waals surface area contributed by atoms with Crippen molar-refractivity contribution < 1.29 is 14.7 Å². The summed E-state index contributed by atoms with van der Waals surface area (Å²) in [5.74, 6) is -1.55. The number of aromatic nitrogens is 2. The molecule has 1 rings (SSSR count). The second kappa shape index (κ2) is 5.53. The van der Waals surface area contributed by atoms with Gasteiger partial charge in [-0.1, -0.05) is 10.1 Å². The quantitative estimate of drug-likeness (QED) is 0.766. The van der Waals surface area contributed by atoms with Crippen LogP contribution < -0.4 is 5.32 Å². The van der Waals surface area contributed by atoms with E-state index in [2.05, 4.69) is 21.5 Å². The van der Waals surface area contributed by atoms with Crippen molar-refractivity contribution in [2.45, 2.75) is 26.3 Å². The Morgan fingerprint density at radius 2 is 2.24 bits per heavy atom. The Bertz CT molecular complexity index is 455. The molecule has 0 saturated carbocycles. The number of rotatable bonds is 5. The minimum absolute atomic E-state index is 0.201. The lowest BCUT2D eigenvalue weighted by atomic mass is 10.1. The fourth-order valence-corrected chi connectivity index (χ4v) is 1.77. The van der Waals surface area contributed by atoms with E-state index in [1.165, 1.54) is 0 Å². The third-order valence-electron chi connectivity index (χ3n) is 2.01. The number of aliphatic carboxylic acids is 1. The number of carbonyl (C=O) groups excluding carboxylic acids is 1. The number of carbonyl (C=O) groups is 2. The molecule has 1 atom stereocenters. The van der Waals surface area contributed by atoms with Crippen LogP contribution in [0.25, 0.3) is 0 Å². The second-order valence-electron chi connectivity index (χ2n) is 3.71. The van der Waals surface area contributed by atoms with Crippen LogP contribution in [0, 0.1) is 6.92 Å². The molecule has 0 radical (unpaired) electrons. The summed E-state index contributed by atoms with van der Waals surface area (Å²) < 4.78 is 3.62. The van der Waals surface area contributed by atoms with E-state index in [1.807, 2.05) is 0 Å². The van der Waals surface area contributed by atoms with Gasteiger partial charge in [-0.3, -0.25) is 4.79 Å². The molecule has 92 valence electrons. The van der Waals surface area contributed by atoms with Gasteiger partial charge in [0.25, 0.3) is 5.91 Å². The normalized spacial score (nSPS) is 11.9. The predicted molar refractivity (Wildman–Crippen MR) is 63.0 cm³/mol. The van der Waals surface area contributed by atoms with Gasteiger partial charge >= 0.3 is 5.97 Å². The second-order valence-corrected chi connectivity index (χ2v) is 4.47. The minimum Gasteiger partial charge on any atom is -0.480 e. The Morgan fingerprint density at radius 3 is 2.65 bits per heavy atom. The molecule has 1 amide bonds. The molecule has 17 heavy (non-hydrogen) atoms. The van der Waals surface area contributed by atoms with Crippen molar-refractivity contribution in [3.05, 3.63) is 22.7 Å². The van der Waals surface area contributed by atoms with Crippen molar-refractivity contribution in [1.82, 2.24) is 14.9 Å². The lowest BCUT2D eigenvalue weighted by Gasteiger charge is -2.13. The van der Waals surface area contributed by atoms with Crippen molar-refractivity contribution in [2.75, 3.05) is 0 Å². The van der Waals surface area contributed by atoms with E-state index in [4.69, 9.17) is 5.11 Å². The standard InChI is InChI=1S/C10H13N3O3S/c1-5(2)4-7(10(15)16)11-9(14)8-6(3)12-13-17-8/h7H,1,4H2,2-3H3,(H,11,14)(H,15,16). The van der Waals surface area contributed by atoms with Gasteiger partial charge in [-0.15, -0.1) is 11.7 Å². The average molecular weight is 255 g/mol. The van der Waals surface area contributed by atoms with Crippen LogP contribution in [0.1, 0.15) is 28.7 Å². The Hall–Kier alpha value is -1.76. The van der Waals surface area contributed by atoms with E-state index in [1.54, 1.807) is 13.8 Å². The number of nitrogens with one attached hydrogen (secondary N) is 1. The first-order valence-electron chi connectivity index (χ1n) is 4.88. The Labute approximate surface area is 103 Å². The lowest BCUT2D eigenvalue weighted by molar-refractivity contribution is -0.139. The highest BCUT2D eigenvalue weighted by Crippen LogP contribution is 2.10. The van der Waals surface area contributed by atoms with Gasteiger partial charge in [0.2, 0.25) is 0 Å². The van der Waals surface area contributed by atoms with E-state index < -0.39 is 17.9 Å². The summed E-state index contributed by atoms with van der Waals surface area (Å²) in [5, 5.41) is 15.1. The van der Waals surface area contributed by atoms with Crippen molar-refractivity contribution in [3.8, 4) is 0 Å². The molecule has 1 unspecified atom stereocenters. The van der Waals surface area contributed by atoms with Crippen LogP contribution in [0.15, 0.2) is 12.2 Å².